The van der Waals surface area contributed by atoms with Gasteiger partial charge in [-0.2, -0.15) is 0 Å². The van der Waals surface area contributed by atoms with E-state index in [1.165, 1.54) is 11.8 Å². The van der Waals surface area contributed by atoms with Crippen molar-refractivity contribution in [3.05, 3.63) is 64.1 Å². The summed E-state index contributed by atoms with van der Waals surface area (Å²) >= 11 is 1.22. The lowest BCUT2D eigenvalue weighted by Gasteiger charge is -2.08. The zero-order valence-corrected chi connectivity index (χ0v) is 15.5. The molecule has 2 aromatic rings. The molecule has 1 fully saturated rings. The lowest BCUT2D eigenvalue weighted by molar-refractivity contribution is -0.116. The number of carbonyl (C=O) groups excluding carboxylic acids is 2. The number of para-hydroxylation sites is 1. The monoisotopic (exact) mass is 363 g/mol. The van der Waals surface area contributed by atoms with Gasteiger partial charge in [0.25, 0.3) is 11.8 Å². The van der Waals surface area contributed by atoms with Crippen LogP contribution in [0.5, 0.6) is 0 Å². The number of aliphatic imine (C=N–C) groups is 1. The van der Waals surface area contributed by atoms with Crippen LogP contribution in [0.25, 0.3) is 5.57 Å². The molecule has 130 valence electrons. The van der Waals surface area contributed by atoms with E-state index in [2.05, 4.69) is 10.3 Å². The molecule has 0 saturated carbocycles. The molecule has 2 aliphatic heterocycles. The molecule has 0 atom stereocenters. The van der Waals surface area contributed by atoms with Crippen LogP contribution in [0.1, 0.15) is 16.7 Å². The van der Waals surface area contributed by atoms with Gasteiger partial charge in [0.05, 0.1) is 21.9 Å². The first-order valence-electron chi connectivity index (χ1n) is 8.23. The van der Waals surface area contributed by atoms with Crippen LogP contribution >= 0.6 is 11.8 Å². The molecule has 0 spiro atoms. The number of carbonyl (C=O) groups is 2. The molecule has 0 bridgehead atoms. The summed E-state index contributed by atoms with van der Waals surface area (Å²) in [6.07, 6.45) is 0. The Kier molecular flexibility index (Phi) is 3.92. The first kappa shape index (κ1) is 16.6. The van der Waals surface area contributed by atoms with Crippen LogP contribution in [0, 0.1) is 13.8 Å². The predicted molar refractivity (Wildman–Crippen MR) is 106 cm³/mol. The number of anilines is 1. The summed E-state index contributed by atoms with van der Waals surface area (Å²) in [5.74, 6) is -0.454. The van der Waals surface area contributed by atoms with Crippen LogP contribution in [-0.4, -0.2) is 24.0 Å². The Hall–Kier alpha value is -2.86. The first-order valence-corrected chi connectivity index (χ1v) is 9.05. The summed E-state index contributed by atoms with van der Waals surface area (Å²) in [6.45, 7) is 4.03. The molecule has 2 heterocycles. The number of aryl methyl sites for hydroxylation is 1. The molecule has 6 heteroatoms. The zero-order chi connectivity index (χ0) is 18.4. The Labute approximate surface area is 155 Å². The van der Waals surface area contributed by atoms with Gasteiger partial charge in [0, 0.05) is 12.6 Å². The lowest BCUT2D eigenvalue weighted by atomic mass is 10.1. The van der Waals surface area contributed by atoms with Gasteiger partial charge in [-0.05, 0) is 48.9 Å². The molecule has 2 aliphatic rings. The van der Waals surface area contributed by atoms with Gasteiger partial charge in [-0.15, -0.1) is 0 Å². The second-order valence-corrected chi connectivity index (χ2v) is 7.28. The summed E-state index contributed by atoms with van der Waals surface area (Å²) in [5, 5.41) is 3.28. The van der Waals surface area contributed by atoms with Gasteiger partial charge >= 0.3 is 0 Å². The van der Waals surface area contributed by atoms with Gasteiger partial charge in [0.15, 0.2) is 5.17 Å². The van der Waals surface area contributed by atoms with E-state index in [-0.39, 0.29) is 11.8 Å². The molecular weight excluding hydrogens is 346 g/mol. The first-order chi connectivity index (χ1) is 12.5. The largest absolute Gasteiger partial charge is 0.311 e. The molecule has 1 N–H and O–H groups in total. The van der Waals surface area contributed by atoms with Crippen molar-refractivity contribution in [1.82, 2.24) is 5.32 Å². The molecule has 0 unspecified atom stereocenters. The van der Waals surface area contributed by atoms with Gasteiger partial charge < -0.3 is 10.2 Å². The summed E-state index contributed by atoms with van der Waals surface area (Å²) in [6, 6.07) is 13.4. The van der Waals surface area contributed by atoms with E-state index in [1.54, 1.807) is 11.9 Å². The Morgan fingerprint density at radius 1 is 1.04 bits per heavy atom. The molecule has 4 rings (SSSR count). The Morgan fingerprint density at radius 2 is 1.81 bits per heavy atom. The summed E-state index contributed by atoms with van der Waals surface area (Å²) in [4.78, 5) is 31.8. The highest BCUT2D eigenvalue weighted by Crippen LogP contribution is 2.42. The second-order valence-electron chi connectivity index (χ2n) is 6.28. The van der Waals surface area contributed by atoms with Crippen molar-refractivity contribution in [1.29, 1.82) is 0 Å². The highest BCUT2D eigenvalue weighted by molar-refractivity contribution is 8.18. The number of hydrogen-bond acceptors (Lipinski definition) is 4. The Morgan fingerprint density at radius 3 is 2.62 bits per heavy atom. The minimum Gasteiger partial charge on any atom is -0.311 e. The fourth-order valence-corrected chi connectivity index (χ4v) is 4.02. The smallest absolute Gasteiger partial charge is 0.264 e. The highest BCUT2D eigenvalue weighted by atomic mass is 32.2. The maximum Gasteiger partial charge on any atom is 0.264 e. The number of nitrogens with one attached hydrogen (secondary N) is 1. The third-order valence-corrected chi connectivity index (χ3v) is 5.68. The molecule has 2 aromatic carbocycles. The molecule has 0 aromatic heterocycles. The van der Waals surface area contributed by atoms with Gasteiger partial charge in [-0.3, -0.25) is 9.59 Å². The van der Waals surface area contributed by atoms with Crippen molar-refractivity contribution in [2.75, 3.05) is 11.9 Å². The number of benzene rings is 2. The van der Waals surface area contributed by atoms with Crippen molar-refractivity contribution in [2.45, 2.75) is 13.8 Å². The Bertz CT molecular complexity index is 1020. The molecule has 0 radical (unpaired) electrons. The number of thioether (sulfide) groups is 1. The van der Waals surface area contributed by atoms with Crippen LogP contribution in [0.2, 0.25) is 0 Å². The average Bonchev–Trinajstić information content (AvgIpc) is 3.10. The van der Waals surface area contributed by atoms with E-state index in [1.807, 2.05) is 56.3 Å². The minimum atomic E-state index is -0.285. The van der Waals surface area contributed by atoms with E-state index >= 15 is 0 Å². The number of hydrogen-bond donors (Lipinski definition) is 1. The normalized spacial score (nSPS) is 20.7. The van der Waals surface area contributed by atoms with E-state index in [0.29, 0.717) is 15.6 Å². The number of amidine groups is 1. The SMILES string of the molecule is Cc1cccc(N=C2NC(=O)/C(=C3\C(=O)N(C)c4ccccc43)S2)c1C. The lowest BCUT2D eigenvalue weighted by Crippen LogP contribution is -2.23. The maximum absolute atomic E-state index is 12.7. The predicted octanol–water partition coefficient (Wildman–Crippen LogP) is 3.54. The van der Waals surface area contributed by atoms with Gasteiger partial charge in [-0.25, -0.2) is 4.99 Å². The van der Waals surface area contributed by atoms with Crippen molar-refractivity contribution >= 4 is 45.7 Å². The maximum atomic E-state index is 12.7. The standard InChI is InChI=1S/C20H17N3O2S/c1-11-7-6-9-14(12(11)2)21-20-22-18(24)17(26-20)16-13-8-4-5-10-15(13)23(3)19(16)25/h4-10H,1-3H3,(H,21,22,24)/b17-16+. The van der Waals surface area contributed by atoms with Crippen LogP contribution in [0.4, 0.5) is 11.4 Å². The summed E-state index contributed by atoms with van der Waals surface area (Å²) in [7, 11) is 1.72. The fourth-order valence-electron chi connectivity index (χ4n) is 3.09. The third-order valence-electron chi connectivity index (χ3n) is 4.70. The number of rotatable bonds is 1. The number of likely N-dealkylation sites (N-methyl/N-ethyl adjacent to an activating group) is 1. The van der Waals surface area contributed by atoms with Gasteiger partial charge in [0.2, 0.25) is 0 Å². The topological polar surface area (TPSA) is 61.8 Å². The van der Waals surface area contributed by atoms with Crippen molar-refractivity contribution < 1.29 is 9.59 Å². The van der Waals surface area contributed by atoms with E-state index in [9.17, 15) is 9.59 Å². The van der Waals surface area contributed by atoms with Crippen LogP contribution in [0.15, 0.2) is 52.4 Å². The molecule has 26 heavy (non-hydrogen) atoms. The van der Waals surface area contributed by atoms with Crippen LogP contribution in [0.3, 0.4) is 0 Å². The number of nitrogens with zero attached hydrogens (tertiary/aromatic N) is 2. The number of amides is 2. The van der Waals surface area contributed by atoms with Gasteiger partial charge in [-0.1, -0.05) is 30.3 Å². The van der Waals surface area contributed by atoms with E-state index in [4.69, 9.17) is 0 Å². The van der Waals surface area contributed by atoms with E-state index in [0.717, 1.165) is 28.1 Å². The minimum absolute atomic E-state index is 0.170. The molecule has 1 saturated heterocycles. The van der Waals surface area contributed by atoms with Crippen molar-refractivity contribution in [2.24, 2.45) is 4.99 Å². The van der Waals surface area contributed by atoms with Crippen molar-refractivity contribution in [3.63, 3.8) is 0 Å². The molecule has 0 aliphatic carbocycles. The van der Waals surface area contributed by atoms with E-state index < -0.39 is 0 Å². The quantitative estimate of drug-likeness (QED) is 0.789. The number of fused-ring (bicyclic) bond motifs is 1. The summed E-state index contributed by atoms with van der Waals surface area (Å²) < 4.78 is 0. The third kappa shape index (κ3) is 2.54. The zero-order valence-electron chi connectivity index (χ0n) is 14.7. The fraction of sp³-hybridized carbons (Fsp3) is 0.150. The van der Waals surface area contributed by atoms with Crippen molar-refractivity contribution in [3.8, 4) is 0 Å². The van der Waals surface area contributed by atoms with Crippen LogP contribution in [-0.2, 0) is 9.59 Å². The second kappa shape index (κ2) is 6.14. The molecule has 5 nitrogen and oxygen atoms in total. The molecular formula is C20H17N3O2S. The van der Waals surface area contributed by atoms with Crippen LogP contribution < -0.4 is 10.2 Å². The average molecular weight is 363 g/mol. The molecule has 2 amide bonds. The summed E-state index contributed by atoms with van der Waals surface area (Å²) in [5.41, 5.74) is 5.06. The van der Waals surface area contributed by atoms with Gasteiger partial charge in [0.1, 0.15) is 0 Å². The Balaban J connectivity index is 1.78. The highest BCUT2D eigenvalue weighted by Gasteiger charge is 2.37.